The minimum atomic E-state index is -1.01. The van der Waals surface area contributed by atoms with Crippen molar-refractivity contribution in [3.8, 4) is 0 Å². The minimum Gasteiger partial charge on any atom is -0.480 e. The summed E-state index contributed by atoms with van der Waals surface area (Å²) in [6, 6.07) is 11.7. The van der Waals surface area contributed by atoms with Crippen molar-refractivity contribution in [2.24, 2.45) is 0 Å². The Balaban J connectivity index is 1.81. The molecule has 10 heteroatoms. The number of para-hydroxylation sites is 1. The van der Waals surface area contributed by atoms with E-state index in [1.165, 1.54) is 22.8 Å². The average Bonchev–Trinajstić information content (AvgIpc) is 3.04. The molecule has 156 valence electrons. The van der Waals surface area contributed by atoms with E-state index in [0.717, 1.165) is 4.90 Å². The molecule has 0 aliphatic carbocycles. The highest BCUT2D eigenvalue weighted by Gasteiger charge is 2.35. The van der Waals surface area contributed by atoms with Gasteiger partial charge in [-0.15, -0.1) is 0 Å². The fourth-order valence-corrected chi connectivity index (χ4v) is 3.91. The largest absolute Gasteiger partial charge is 0.480 e. The molecule has 0 saturated carbocycles. The molecule has 0 unspecified atom stereocenters. The molecule has 2 N–H and O–H groups in total. The van der Waals surface area contributed by atoms with Gasteiger partial charge >= 0.3 is 5.97 Å². The lowest BCUT2D eigenvalue weighted by Gasteiger charge is -2.29. The summed E-state index contributed by atoms with van der Waals surface area (Å²) in [7, 11) is 0. The molecular weight excluding hydrogens is 461 g/mol. The molecule has 1 saturated heterocycles. The highest BCUT2D eigenvalue weighted by molar-refractivity contribution is 7.80. The van der Waals surface area contributed by atoms with Gasteiger partial charge in [0.05, 0.1) is 15.7 Å². The predicted octanol–water partition coefficient (Wildman–Crippen LogP) is 3.86. The number of hydrogen-bond acceptors (Lipinski definition) is 4. The monoisotopic (exact) mass is 473 g/mol. The van der Waals surface area contributed by atoms with E-state index in [2.05, 4.69) is 5.32 Å². The van der Waals surface area contributed by atoms with Gasteiger partial charge in [0.15, 0.2) is 5.11 Å². The van der Waals surface area contributed by atoms with Crippen LogP contribution in [0.2, 0.25) is 10.0 Å². The van der Waals surface area contributed by atoms with Gasteiger partial charge < -0.3 is 9.67 Å². The molecule has 31 heavy (non-hydrogen) atoms. The van der Waals surface area contributed by atoms with E-state index in [1.807, 2.05) is 0 Å². The van der Waals surface area contributed by atoms with Crippen molar-refractivity contribution >= 4 is 81.0 Å². The number of hydrogen-bond donors (Lipinski definition) is 2. The number of nitrogens with zero attached hydrogens (tertiary/aromatic N) is 2. The lowest BCUT2D eigenvalue weighted by Crippen LogP contribution is -2.54. The maximum absolute atomic E-state index is 13.2. The number of fused-ring (bicyclic) bond motifs is 1. The van der Waals surface area contributed by atoms with Crippen molar-refractivity contribution in [2.75, 3.05) is 4.90 Å². The molecule has 4 rings (SSSR count). The summed E-state index contributed by atoms with van der Waals surface area (Å²) in [5.41, 5.74) is 1.39. The third-order valence-electron chi connectivity index (χ3n) is 4.69. The van der Waals surface area contributed by atoms with Crippen LogP contribution < -0.4 is 10.2 Å². The first-order chi connectivity index (χ1) is 14.8. The number of carbonyl (C=O) groups excluding carboxylic acids is 2. The van der Waals surface area contributed by atoms with Crippen LogP contribution in [0, 0.1) is 0 Å². The fourth-order valence-electron chi connectivity index (χ4n) is 3.34. The lowest BCUT2D eigenvalue weighted by atomic mass is 10.1. The van der Waals surface area contributed by atoms with Crippen LogP contribution in [0.4, 0.5) is 5.69 Å². The quantitative estimate of drug-likeness (QED) is 0.341. The standard InChI is InChI=1S/C21H13Cl2N3O4S/c22-15-6-5-12(8-16(15)23)26-20(30)14(19(29)24-21(26)31)7-11-9-25(10-18(27)28)17-4-2-1-3-13(11)17/h1-9H,10H2,(H,27,28)(H,24,29,31). The molecule has 2 amide bonds. The highest BCUT2D eigenvalue weighted by atomic mass is 35.5. The number of carboxylic acids is 1. The van der Waals surface area contributed by atoms with E-state index in [4.69, 9.17) is 35.4 Å². The molecule has 1 fully saturated rings. The van der Waals surface area contributed by atoms with Crippen molar-refractivity contribution in [1.29, 1.82) is 0 Å². The van der Waals surface area contributed by atoms with Crippen LogP contribution in [0.1, 0.15) is 5.56 Å². The molecule has 1 aliphatic heterocycles. The molecule has 1 aliphatic rings. The zero-order valence-electron chi connectivity index (χ0n) is 15.6. The van der Waals surface area contributed by atoms with Gasteiger partial charge in [0.25, 0.3) is 11.8 Å². The maximum atomic E-state index is 13.2. The number of carboxylic acid groups (broad SMARTS) is 1. The number of rotatable bonds is 4. The number of anilines is 1. The summed E-state index contributed by atoms with van der Waals surface area (Å²) in [5.74, 6) is -2.30. The number of amides is 2. The number of nitrogens with one attached hydrogen (secondary N) is 1. The van der Waals surface area contributed by atoms with Crippen LogP contribution in [0.25, 0.3) is 17.0 Å². The maximum Gasteiger partial charge on any atom is 0.323 e. The van der Waals surface area contributed by atoms with Crippen molar-refractivity contribution in [3.63, 3.8) is 0 Å². The summed E-state index contributed by atoms with van der Waals surface area (Å²) in [6.45, 7) is -0.261. The number of aliphatic carboxylic acids is 1. The first-order valence-corrected chi connectivity index (χ1v) is 10.1. The number of aromatic nitrogens is 1. The summed E-state index contributed by atoms with van der Waals surface area (Å²) in [5, 5.41) is 12.8. The molecule has 0 spiro atoms. The van der Waals surface area contributed by atoms with Crippen LogP contribution in [0.3, 0.4) is 0 Å². The van der Waals surface area contributed by atoms with E-state index >= 15 is 0 Å². The van der Waals surface area contributed by atoms with Gasteiger partial charge in [-0.3, -0.25) is 24.6 Å². The van der Waals surface area contributed by atoms with Gasteiger partial charge in [0.2, 0.25) is 0 Å². The lowest BCUT2D eigenvalue weighted by molar-refractivity contribution is -0.137. The highest BCUT2D eigenvalue weighted by Crippen LogP contribution is 2.30. The Morgan fingerprint density at radius 3 is 2.58 bits per heavy atom. The van der Waals surface area contributed by atoms with E-state index in [-0.39, 0.29) is 22.3 Å². The van der Waals surface area contributed by atoms with Gasteiger partial charge in [-0.05, 0) is 42.6 Å². The van der Waals surface area contributed by atoms with Crippen LogP contribution in [-0.2, 0) is 20.9 Å². The summed E-state index contributed by atoms with van der Waals surface area (Å²) in [6.07, 6.45) is 3.01. The van der Waals surface area contributed by atoms with Crippen molar-refractivity contribution in [3.05, 3.63) is 69.8 Å². The molecule has 2 aromatic carbocycles. The third-order valence-corrected chi connectivity index (χ3v) is 5.71. The summed E-state index contributed by atoms with van der Waals surface area (Å²) in [4.78, 5) is 38.1. The molecule has 7 nitrogen and oxygen atoms in total. The molecule has 0 atom stereocenters. The first-order valence-electron chi connectivity index (χ1n) is 8.92. The van der Waals surface area contributed by atoms with Crippen molar-refractivity contribution in [2.45, 2.75) is 6.54 Å². The zero-order chi connectivity index (χ0) is 22.3. The van der Waals surface area contributed by atoms with Gasteiger partial charge in [0, 0.05) is 22.7 Å². The van der Waals surface area contributed by atoms with E-state index in [0.29, 0.717) is 27.2 Å². The Hall–Kier alpha value is -3.20. The predicted molar refractivity (Wildman–Crippen MR) is 122 cm³/mol. The van der Waals surface area contributed by atoms with E-state index in [9.17, 15) is 19.5 Å². The normalized spacial score (nSPS) is 15.6. The molecule has 2 heterocycles. The van der Waals surface area contributed by atoms with Crippen molar-refractivity contribution in [1.82, 2.24) is 9.88 Å². The first kappa shape index (κ1) is 21.0. The number of thiocarbonyl (C=S) groups is 1. The van der Waals surface area contributed by atoms with Crippen LogP contribution in [0.5, 0.6) is 0 Å². The Morgan fingerprint density at radius 2 is 1.87 bits per heavy atom. The fraction of sp³-hybridized carbons (Fsp3) is 0.0476. The molecule has 3 aromatic rings. The summed E-state index contributed by atoms with van der Waals surface area (Å²) < 4.78 is 1.54. The van der Waals surface area contributed by atoms with Crippen molar-refractivity contribution < 1.29 is 19.5 Å². The molecule has 0 radical (unpaired) electrons. The van der Waals surface area contributed by atoms with Crippen LogP contribution >= 0.6 is 35.4 Å². The van der Waals surface area contributed by atoms with Gasteiger partial charge in [-0.1, -0.05) is 41.4 Å². The molecular formula is C21H13Cl2N3O4S. The smallest absolute Gasteiger partial charge is 0.323 e. The Labute approximate surface area is 191 Å². The zero-order valence-corrected chi connectivity index (χ0v) is 18.0. The Kier molecular flexibility index (Phi) is 5.53. The van der Waals surface area contributed by atoms with E-state index in [1.54, 1.807) is 36.5 Å². The SMILES string of the molecule is O=C(O)Cn1cc(C=C2C(=O)NC(=S)N(c3ccc(Cl)c(Cl)c3)C2=O)c2ccccc21. The van der Waals surface area contributed by atoms with Crippen LogP contribution in [0.15, 0.2) is 54.2 Å². The summed E-state index contributed by atoms with van der Waals surface area (Å²) >= 11 is 17.2. The van der Waals surface area contributed by atoms with Gasteiger partial charge in [-0.2, -0.15) is 0 Å². The van der Waals surface area contributed by atoms with Gasteiger partial charge in [0.1, 0.15) is 12.1 Å². The second-order valence-electron chi connectivity index (χ2n) is 6.68. The van der Waals surface area contributed by atoms with Gasteiger partial charge in [-0.25, -0.2) is 0 Å². The Bertz CT molecular complexity index is 1320. The number of halogens is 2. The number of carbonyl (C=O) groups is 3. The Morgan fingerprint density at radius 1 is 1.13 bits per heavy atom. The second kappa shape index (κ2) is 8.14. The van der Waals surface area contributed by atoms with E-state index < -0.39 is 17.8 Å². The average molecular weight is 474 g/mol. The third kappa shape index (κ3) is 3.93. The second-order valence-corrected chi connectivity index (χ2v) is 7.88. The minimum absolute atomic E-state index is 0.0844. The molecule has 0 bridgehead atoms. The number of benzene rings is 2. The topological polar surface area (TPSA) is 91.6 Å². The molecule has 1 aromatic heterocycles. The van der Waals surface area contributed by atoms with Crippen LogP contribution in [-0.4, -0.2) is 32.6 Å².